The molecule has 1 aliphatic heterocycles. The van der Waals surface area contributed by atoms with E-state index in [9.17, 15) is 4.79 Å². The molecule has 4 heteroatoms. The van der Waals surface area contributed by atoms with E-state index in [0.717, 1.165) is 30.1 Å². The van der Waals surface area contributed by atoms with E-state index >= 15 is 0 Å². The first-order valence-electron chi connectivity index (χ1n) is 6.32. The predicted molar refractivity (Wildman–Crippen MR) is 70.1 cm³/mol. The summed E-state index contributed by atoms with van der Waals surface area (Å²) in [5.74, 6) is 0.491. The molecule has 0 bridgehead atoms. The molecule has 0 aromatic heterocycles. The van der Waals surface area contributed by atoms with Crippen molar-refractivity contribution in [2.75, 3.05) is 25.1 Å². The van der Waals surface area contributed by atoms with E-state index in [1.807, 2.05) is 12.1 Å². The third-order valence-electron chi connectivity index (χ3n) is 3.32. The molecule has 0 spiro atoms. The number of esters is 1. The maximum atomic E-state index is 11.5. The minimum atomic E-state index is -0.489. The van der Waals surface area contributed by atoms with Gasteiger partial charge in [-0.15, -0.1) is 0 Å². The molecule has 0 radical (unpaired) electrons. The van der Waals surface area contributed by atoms with E-state index in [4.69, 9.17) is 9.47 Å². The van der Waals surface area contributed by atoms with Crippen molar-refractivity contribution in [3.05, 3.63) is 23.8 Å². The standard InChI is InChI=1S/C14H19NO3/c1-4-15(5-2)11-7-6-10-8-13(14(16)17-3)18-12(10)9-11/h6-7,9,13H,4-5,8H2,1-3H3. The van der Waals surface area contributed by atoms with Crippen LogP contribution in [0.15, 0.2) is 18.2 Å². The van der Waals surface area contributed by atoms with E-state index in [2.05, 4.69) is 24.8 Å². The molecular formula is C14H19NO3. The average Bonchev–Trinajstić information content (AvgIpc) is 2.82. The summed E-state index contributed by atoms with van der Waals surface area (Å²) < 4.78 is 10.3. The van der Waals surface area contributed by atoms with Gasteiger partial charge in [-0.25, -0.2) is 4.79 Å². The SMILES string of the molecule is CCN(CC)c1ccc2c(c1)OC(C(=O)OC)C2. The smallest absolute Gasteiger partial charge is 0.347 e. The highest BCUT2D eigenvalue weighted by Crippen LogP contribution is 2.33. The van der Waals surface area contributed by atoms with E-state index in [-0.39, 0.29) is 5.97 Å². The summed E-state index contributed by atoms with van der Waals surface area (Å²) in [6.07, 6.45) is 0.109. The molecular weight excluding hydrogens is 230 g/mol. The summed E-state index contributed by atoms with van der Waals surface area (Å²) >= 11 is 0. The number of hydrogen-bond acceptors (Lipinski definition) is 4. The van der Waals surface area contributed by atoms with Crippen molar-refractivity contribution in [1.29, 1.82) is 0 Å². The topological polar surface area (TPSA) is 38.8 Å². The van der Waals surface area contributed by atoms with Gasteiger partial charge in [0.15, 0.2) is 6.10 Å². The quantitative estimate of drug-likeness (QED) is 0.765. The number of nitrogens with zero attached hydrogens (tertiary/aromatic N) is 1. The van der Waals surface area contributed by atoms with E-state index < -0.39 is 6.10 Å². The second-order valence-electron chi connectivity index (χ2n) is 4.30. The summed E-state index contributed by atoms with van der Waals surface area (Å²) in [4.78, 5) is 13.7. The number of methoxy groups -OCH3 is 1. The van der Waals surface area contributed by atoms with Crippen molar-refractivity contribution < 1.29 is 14.3 Å². The monoisotopic (exact) mass is 249 g/mol. The highest BCUT2D eigenvalue weighted by molar-refractivity contribution is 5.77. The van der Waals surface area contributed by atoms with E-state index in [0.29, 0.717) is 6.42 Å². The zero-order valence-electron chi connectivity index (χ0n) is 11.1. The normalized spacial score (nSPS) is 16.9. The van der Waals surface area contributed by atoms with Crippen LogP contribution in [0.4, 0.5) is 5.69 Å². The Hall–Kier alpha value is -1.71. The zero-order chi connectivity index (χ0) is 13.1. The number of fused-ring (bicyclic) bond motifs is 1. The third-order valence-corrected chi connectivity index (χ3v) is 3.32. The molecule has 0 saturated heterocycles. The molecule has 0 aliphatic carbocycles. The Balaban J connectivity index is 2.19. The van der Waals surface area contributed by atoms with Gasteiger partial charge in [-0.3, -0.25) is 0 Å². The molecule has 0 fully saturated rings. The molecule has 18 heavy (non-hydrogen) atoms. The summed E-state index contributed by atoms with van der Waals surface area (Å²) in [6, 6.07) is 6.12. The maximum Gasteiger partial charge on any atom is 0.347 e. The first kappa shape index (κ1) is 12.7. The first-order chi connectivity index (χ1) is 8.69. The molecule has 2 rings (SSSR count). The number of anilines is 1. The number of rotatable bonds is 4. The van der Waals surface area contributed by atoms with Gasteiger partial charge >= 0.3 is 5.97 Å². The second-order valence-corrected chi connectivity index (χ2v) is 4.30. The van der Waals surface area contributed by atoms with Gasteiger partial charge in [-0.2, -0.15) is 0 Å². The fraction of sp³-hybridized carbons (Fsp3) is 0.500. The molecule has 0 N–H and O–H groups in total. The van der Waals surface area contributed by atoms with Crippen LogP contribution in [0.3, 0.4) is 0 Å². The van der Waals surface area contributed by atoms with E-state index in [1.165, 1.54) is 7.11 Å². The van der Waals surface area contributed by atoms with Crippen LogP contribution < -0.4 is 9.64 Å². The Morgan fingerprint density at radius 2 is 2.17 bits per heavy atom. The minimum Gasteiger partial charge on any atom is -0.478 e. The van der Waals surface area contributed by atoms with Crippen LogP contribution in [-0.4, -0.2) is 32.3 Å². The number of carbonyl (C=O) groups is 1. The van der Waals surface area contributed by atoms with Crippen LogP contribution in [0.5, 0.6) is 5.75 Å². The van der Waals surface area contributed by atoms with Crippen molar-refractivity contribution in [2.24, 2.45) is 0 Å². The summed E-state index contributed by atoms with van der Waals surface area (Å²) in [6.45, 7) is 6.15. The van der Waals surface area contributed by atoms with Crippen LogP contribution in [0.2, 0.25) is 0 Å². The lowest BCUT2D eigenvalue weighted by atomic mass is 10.1. The Bertz CT molecular complexity index is 441. The molecule has 0 saturated carbocycles. The van der Waals surface area contributed by atoms with Gasteiger partial charge in [-0.05, 0) is 25.5 Å². The molecule has 1 heterocycles. The molecule has 1 aromatic rings. The lowest BCUT2D eigenvalue weighted by Crippen LogP contribution is -2.26. The summed E-state index contributed by atoms with van der Waals surface area (Å²) in [5, 5.41) is 0. The van der Waals surface area contributed by atoms with Gasteiger partial charge in [0.2, 0.25) is 0 Å². The molecule has 1 aliphatic rings. The average molecular weight is 249 g/mol. The lowest BCUT2D eigenvalue weighted by molar-refractivity contribution is -0.147. The number of hydrogen-bond donors (Lipinski definition) is 0. The number of ether oxygens (including phenoxy) is 2. The highest BCUT2D eigenvalue weighted by atomic mass is 16.6. The van der Waals surface area contributed by atoms with Crippen molar-refractivity contribution >= 4 is 11.7 Å². The second kappa shape index (κ2) is 5.29. The van der Waals surface area contributed by atoms with E-state index in [1.54, 1.807) is 0 Å². The molecule has 98 valence electrons. The Morgan fingerprint density at radius 1 is 1.44 bits per heavy atom. The summed E-state index contributed by atoms with van der Waals surface area (Å²) in [5.41, 5.74) is 2.20. The van der Waals surface area contributed by atoms with Crippen LogP contribution in [-0.2, 0) is 16.0 Å². The Morgan fingerprint density at radius 3 is 2.78 bits per heavy atom. The number of carbonyl (C=O) groups excluding carboxylic acids is 1. The molecule has 1 unspecified atom stereocenters. The Labute approximate surface area is 107 Å². The largest absolute Gasteiger partial charge is 0.478 e. The van der Waals surface area contributed by atoms with Gasteiger partial charge in [-0.1, -0.05) is 6.07 Å². The van der Waals surface area contributed by atoms with Crippen molar-refractivity contribution in [1.82, 2.24) is 0 Å². The lowest BCUT2D eigenvalue weighted by Gasteiger charge is -2.21. The molecule has 4 nitrogen and oxygen atoms in total. The van der Waals surface area contributed by atoms with Crippen LogP contribution in [0.25, 0.3) is 0 Å². The van der Waals surface area contributed by atoms with Crippen molar-refractivity contribution in [3.8, 4) is 5.75 Å². The zero-order valence-corrected chi connectivity index (χ0v) is 11.1. The molecule has 1 atom stereocenters. The van der Waals surface area contributed by atoms with Crippen LogP contribution in [0, 0.1) is 0 Å². The fourth-order valence-corrected chi connectivity index (χ4v) is 2.26. The summed E-state index contributed by atoms with van der Waals surface area (Å²) in [7, 11) is 1.38. The maximum absolute atomic E-state index is 11.5. The van der Waals surface area contributed by atoms with Gasteiger partial charge in [0, 0.05) is 31.3 Å². The third kappa shape index (κ3) is 2.28. The van der Waals surface area contributed by atoms with Gasteiger partial charge in [0.05, 0.1) is 7.11 Å². The first-order valence-corrected chi connectivity index (χ1v) is 6.32. The number of benzene rings is 1. The minimum absolute atomic E-state index is 0.310. The van der Waals surface area contributed by atoms with Crippen molar-refractivity contribution in [3.63, 3.8) is 0 Å². The molecule has 1 aromatic carbocycles. The Kier molecular flexibility index (Phi) is 3.75. The predicted octanol–water partition coefficient (Wildman–Crippen LogP) is 2.01. The van der Waals surface area contributed by atoms with Gasteiger partial charge in [0.25, 0.3) is 0 Å². The van der Waals surface area contributed by atoms with Crippen LogP contribution in [0.1, 0.15) is 19.4 Å². The van der Waals surface area contributed by atoms with Crippen molar-refractivity contribution in [2.45, 2.75) is 26.4 Å². The van der Waals surface area contributed by atoms with Gasteiger partial charge < -0.3 is 14.4 Å². The fourth-order valence-electron chi connectivity index (χ4n) is 2.26. The highest BCUT2D eigenvalue weighted by Gasteiger charge is 2.30. The van der Waals surface area contributed by atoms with Gasteiger partial charge in [0.1, 0.15) is 5.75 Å². The van der Waals surface area contributed by atoms with Crippen LogP contribution >= 0.6 is 0 Å². The molecule has 0 amide bonds.